The maximum absolute atomic E-state index is 12.8. The first-order valence-electron chi connectivity index (χ1n) is 7.64. The molecule has 1 aliphatic rings. The van der Waals surface area contributed by atoms with Gasteiger partial charge in [0.15, 0.2) is 5.82 Å². The number of amides is 1. The molecule has 0 saturated carbocycles. The zero-order valence-electron chi connectivity index (χ0n) is 13.1. The largest absolute Gasteiger partial charge is 0.340 e. The standard InChI is InChI=1S/C15H20N4O2S/c1-4-12-16-9(2)13(22-12)15(20)19-7-5-6-11(8-19)14-17-10(3)21-18-14/h11H,4-8H2,1-3H3/t11-/m1/s1. The second-order valence-corrected chi connectivity index (χ2v) is 6.72. The molecular weight excluding hydrogens is 300 g/mol. The summed E-state index contributed by atoms with van der Waals surface area (Å²) in [7, 11) is 0. The Kier molecular flexibility index (Phi) is 4.24. The van der Waals surface area contributed by atoms with Gasteiger partial charge in [-0.2, -0.15) is 4.98 Å². The van der Waals surface area contributed by atoms with Crippen molar-refractivity contribution >= 4 is 17.2 Å². The summed E-state index contributed by atoms with van der Waals surface area (Å²) in [5, 5.41) is 5.02. The molecule has 0 unspecified atom stereocenters. The molecule has 22 heavy (non-hydrogen) atoms. The third kappa shape index (κ3) is 2.90. The van der Waals surface area contributed by atoms with Gasteiger partial charge in [-0.1, -0.05) is 12.1 Å². The third-order valence-corrected chi connectivity index (χ3v) is 5.24. The number of hydrogen-bond acceptors (Lipinski definition) is 6. The molecule has 0 N–H and O–H groups in total. The average Bonchev–Trinajstić information content (AvgIpc) is 3.12. The molecule has 0 bridgehead atoms. The second-order valence-electron chi connectivity index (χ2n) is 5.64. The van der Waals surface area contributed by atoms with Gasteiger partial charge in [-0.05, 0) is 26.2 Å². The summed E-state index contributed by atoms with van der Waals surface area (Å²) in [4.78, 5) is 24.2. The Hall–Kier alpha value is -1.76. The smallest absolute Gasteiger partial charge is 0.265 e. The first-order valence-corrected chi connectivity index (χ1v) is 8.46. The number of carbonyl (C=O) groups excluding carboxylic acids is 1. The summed E-state index contributed by atoms with van der Waals surface area (Å²) in [5.41, 5.74) is 0.837. The molecule has 0 spiro atoms. The molecule has 1 aliphatic heterocycles. The van der Waals surface area contributed by atoms with Crippen LogP contribution in [0.3, 0.4) is 0 Å². The summed E-state index contributed by atoms with van der Waals surface area (Å²) in [6.45, 7) is 7.19. The van der Waals surface area contributed by atoms with Crippen LogP contribution in [0, 0.1) is 13.8 Å². The van der Waals surface area contributed by atoms with Crippen LogP contribution < -0.4 is 0 Å². The van der Waals surface area contributed by atoms with Crippen molar-refractivity contribution in [2.24, 2.45) is 0 Å². The van der Waals surface area contributed by atoms with E-state index in [9.17, 15) is 4.79 Å². The van der Waals surface area contributed by atoms with Crippen molar-refractivity contribution in [2.75, 3.05) is 13.1 Å². The van der Waals surface area contributed by atoms with Crippen LogP contribution in [0.1, 0.15) is 57.8 Å². The van der Waals surface area contributed by atoms with Crippen molar-refractivity contribution in [1.82, 2.24) is 20.0 Å². The van der Waals surface area contributed by atoms with E-state index in [0.717, 1.165) is 41.4 Å². The van der Waals surface area contributed by atoms with E-state index in [2.05, 4.69) is 22.0 Å². The fourth-order valence-electron chi connectivity index (χ4n) is 2.80. The van der Waals surface area contributed by atoms with Gasteiger partial charge in [-0.15, -0.1) is 11.3 Å². The predicted molar refractivity (Wildman–Crippen MR) is 83.1 cm³/mol. The van der Waals surface area contributed by atoms with Gasteiger partial charge in [0.2, 0.25) is 5.89 Å². The molecule has 1 fully saturated rings. The Balaban J connectivity index is 1.76. The van der Waals surface area contributed by atoms with Gasteiger partial charge in [0.05, 0.1) is 10.7 Å². The van der Waals surface area contributed by atoms with E-state index < -0.39 is 0 Å². The zero-order valence-corrected chi connectivity index (χ0v) is 13.9. The fourth-order valence-corrected chi connectivity index (χ4v) is 3.77. The Bertz CT molecular complexity index is 679. The van der Waals surface area contributed by atoms with Crippen LogP contribution in [-0.2, 0) is 6.42 Å². The molecule has 0 aromatic carbocycles. The Morgan fingerprint density at radius 2 is 2.23 bits per heavy atom. The molecule has 7 heteroatoms. The minimum Gasteiger partial charge on any atom is -0.340 e. The second kappa shape index (κ2) is 6.16. The SMILES string of the molecule is CCc1nc(C)c(C(=O)N2CCC[C@@H](c3noc(C)n3)C2)s1. The quantitative estimate of drug-likeness (QED) is 0.869. The first-order chi connectivity index (χ1) is 10.6. The summed E-state index contributed by atoms with van der Waals surface area (Å²) in [6, 6.07) is 0. The van der Waals surface area contributed by atoms with Gasteiger partial charge >= 0.3 is 0 Å². The lowest BCUT2D eigenvalue weighted by molar-refractivity contribution is 0.0707. The maximum atomic E-state index is 12.8. The van der Waals surface area contributed by atoms with E-state index in [1.807, 2.05) is 11.8 Å². The number of piperidine rings is 1. The molecule has 1 atom stereocenters. The molecule has 0 radical (unpaired) electrons. The van der Waals surface area contributed by atoms with Crippen molar-refractivity contribution in [3.8, 4) is 0 Å². The molecule has 3 heterocycles. The van der Waals surface area contributed by atoms with Crippen molar-refractivity contribution in [3.05, 3.63) is 27.3 Å². The summed E-state index contributed by atoms with van der Waals surface area (Å²) >= 11 is 1.51. The Morgan fingerprint density at radius 3 is 2.86 bits per heavy atom. The molecule has 3 rings (SSSR count). The van der Waals surface area contributed by atoms with Gasteiger partial charge in [0.25, 0.3) is 5.91 Å². The highest BCUT2D eigenvalue weighted by molar-refractivity contribution is 7.13. The first kappa shape index (κ1) is 15.1. The molecule has 2 aromatic heterocycles. The average molecular weight is 320 g/mol. The van der Waals surface area contributed by atoms with E-state index in [1.165, 1.54) is 11.3 Å². The minimum absolute atomic E-state index is 0.0830. The van der Waals surface area contributed by atoms with Crippen LogP contribution in [0.25, 0.3) is 0 Å². The minimum atomic E-state index is 0.0830. The molecule has 1 amide bonds. The van der Waals surface area contributed by atoms with Gasteiger partial charge < -0.3 is 9.42 Å². The number of likely N-dealkylation sites (tertiary alicyclic amines) is 1. The van der Waals surface area contributed by atoms with Crippen LogP contribution in [0.5, 0.6) is 0 Å². The summed E-state index contributed by atoms with van der Waals surface area (Å²) in [5.74, 6) is 1.53. The van der Waals surface area contributed by atoms with Gasteiger partial charge in [0, 0.05) is 25.9 Å². The predicted octanol–water partition coefficient (Wildman–Crippen LogP) is 2.73. The van der Waals surface area contributed by atoms with Crippen LogP contribution in [-0.4, -0.2) is 39.0 Å². The summed E-state index contributed by atoms with van der Waals surface area (Å²) in [6.07, 6.45) is 2.82. The number of thiazole rings is 1. The number of rotatable bonds is 3. The van der Waals surface area contributed by atoms with Crippen molar-refractivity contribution in [1.29, 1.82) is 0 Å². The number of hydrogen-bond donors (Lipinski definition) is 0. The number of aryl methyl sites for hydroxylation is 3. The molecular formula is C15H20N4O2S. The van der Waals surface area contributed by atoms with E-state index in [-0.39, 0.29) is 11.8 Å². The third-order valence-electron chi connectivity index (χ3n) is 3.95. The van der Waals surface area contributed by atoms with Crippen molar-refractivity contribution in [3.63, 3.8) is 0 Å². The monoisotopic (exact) mass is 320 g/mol. The van der Waals surface area contributed by atoms with Crippen molar-refractivity contribution in [2.45, 2.75) is 46.0 Å². The van der Waals surface area contributed by atoms with Crippen LogP contribution in [0.2, 0.25) is 0 Å². The van der Waals surface area contributed by atoms with E-state index >= 15 is 0 Å². The fraction of sp³-hybridized carbons (Fsp3) is 0.600. The highest BCUT2D eigenvalue weighted by Gasteiger charge is 2.29. The topological polar surface area (TPSA) is 72.1 Å². The van der Waals surface area contributed by atoms with E-state index in [0.29, 0.717) is 18.3 Å². The van der Waals surface area contributed by atoms with Crippen LogP contribution >= 0.6 is 11.3 Å². The molecule has 6 nitrogen and oxygen atoms in total. The van der Waals surface area contributed by atoms with Gasteiger partial charge in [-0.25, -0.2) is 4.98 Å². The molecule has 2 aromatic rings. The van der Waals surface area contributed by atoms with Crippen LogP contribution in [0.4, 0.5) is 0 Å². The lowest BCUT2D eigenvalue weighted by atomic mass is 9.97. The van der Waals surface area contributed by atoms with E-state index in [1.54, 1.807) is 6.92 Å². The van der Waals surface area contributed by atoms with E-state index in [4.69, 9.17) is 4.52 Å². The number of aromatic nitrogens is 3. The highest BCUT2D eigenvalue weighted by Crippen LogP contribution is 2.28. The highest BCUT2D eigenvalue weighted by atomic mass is 32.1. The number of carbonyl (C=O) groups is 1. The lowest BCUT2D eigenvalue weighted by Gasteiger charge is -2.31. The van der Waals surface area contributed by atoms with Crippen molar-refractivity contribution < 1.29 is 9.32 Å². The zero-order chi connectivity index (χ0) is 15.7. The maximum Gasteiger partial charge on any atom is 0.265 e. The summed E-state index contributed by atoms with van der Waals surface area (Å²) < 4.78 is 5.06. The lowest BCUT2D eigenvalue weighted by Crippen LogP contribution is -2.39. The Labute approximate surface area is 133 Å². The molecule has 1 saturated heterocycles. The number of nitrogens with zero attached hydrogens (tertiary/aromatic N) is 4. The van der Waals surface area contributed by atoms with Crippen LogP contribution in [0.15, 0.2) is 4.52 Å². The molecule has 118 valence electrons. The molecule has 0 aliphatic carbocycles. The van der Waals surface area contributed by atoms with Gasteiger partial charge in [0.1, 0.15) is 4.88 Å². The van der Waals surface area contributed by atoms with Gasteiger partial charge in [-0.3, -0.25) is 4.79 Å². The normalized spacial score (nSPS) is 18.7. The Morgan fingerprint density at radius 1 is 1.41 bits per heavy atom.